The fraction of sp³-hybridized carbons (Fsp3) is 0.250. The highest BCUT2D eigenvalue weighted by molar-refractivity contribution is 9.10. The van der Waals surface area contributed by atoms with Gasteiger partial charge in [-0.3, -0.25) is 0 Å². The number of nitrogens with one attached hydrogen (secondary N) is 1. The summed E-state index contributed by atoms with van der Waals surface area (Å²) in [5, 5.41) is 3.09. The Balaban J connectivity index is 2.86. The van der Waals surface area contributed by atoms with Gasteiger partial charge < -0.3 is 5.32 Å². The predicted molar refractivity (Wildman–Crippen MR) is 58.7 cm³/mol. The van der Waals surface area contributed by atoms with Gasteiger partial charge in [-0.15, -0.1) is 0 Å². The van der Waals surface area contributed by atoms with Crippen molar-refractivity contribution < 1.29 is 8.78 Å². The van der Waals surface area contributed by atoms with Crippen molar-refractivity contribution in [3.63, 3.8) is 0 Å². The first-order valence-corrected chi connectivity index (χ1v) is 5.22. The number of hydrogen-bond donors (Lipinski definition) is 1. The summed E-state index contributed by atoms with van der Waals surface area (Å²) in [6.45, 7) is -0.471. The quantitative estimate of drug-likeness (QED) is 0.871. The average molecular weight is 305 g/mol. The largest absolute Gasteiger partial charge is 0.377 e. The molecule has 78 valence electrons. The highest BCUT2D eigenvalue weighted by Gasteiger charge is 2.09. The zero-order valence-electron chi connectivity index (χ0n) is 6.83. The molecule has 0 aliphatic rings. The van der Waals surface area contributed by atoms with Crippen LogP contribution in [0.2, 0.25) is 10.0 Å². The lowest BCUT2D eigenvalue weighted by Gasteiger charge is -2.10. The van der Waals surface area contributed by atoms with Gasteiger partial charge in [0, 0.05) is 4.47 Å². The number of benzene rings is 1. The van der Waals surface area contributed by atoms with Gasteiger partial charge in [0.05, 0.1) is 22.3 Å². The molecule has 0 aromatic heterocycles. The Hall–Kier alpha value is -0.0600. The molecule has 1 N–H and O–H groups in total. The number of halogens is 5. The second-order valence-electron chi connectivity index (χ2n) is 2.52. The van der Waals surface area contributed by atoms with Crippen molar-refractivity contribution in [2.75, 3.05) is 11.9 Å². The van der Waals surface area contributed by atoms with Crippen LogP contribution in [0.4, 0.5) is 14.5 Å². The predicted octanol–water partition coefficient (Wildman–Crippen LogP) is 4.43. The molecule has 0 unspecified atom stereocenters. The lowest BCUT2D eigenvalue weighted by atomic mass is 10.3. The molecular formula is C8H6BrCl2F2N. The maximum absolute atomic E-state index is 11.9. The van der Waals surface area contributed by atoms with Gasteiger partial charge in [0.15, 0.2) is 0 Å². The molecule has 0 fully saturated rings. The maximum Gasteiger partial charge on any atom is 0.255 e. The molecule has 0 heterocycles. The summed E-state index contributed by atoms with van der Waals surface area (Å²) in [4.78, 5) is 0. The molecule has 1 aromatic carbocycles. The number of alkyl halides is 2. The minimum Gasteiger partial charge on any atom is -0.377 e. The van der Waals surface area contributed by atoms with Crippen LogP contribution in [0.3, 0.4) is 0 Å². The van der Waals surface area contributed by atoms with Crippen molar-refractivity contribution in [2.45, 2.75) is 6.43 Å². The van der Waals surface area contributed by atoms with Crippen LogP contribution in [-0.4, -0.2) is 13.0 Å². The standard InChI is InChI=1S/C8H6BrCl2F2N/c9-4-1-5(10)8(6(11)2-4)14-3-7(12)13/h1-2,7,14H,3H2. The molecule has 0 radical (unpaired) electrons. The maximum atomic E-state index is 11.9. The molecule has 0 aliphatic heterocycles. The van der Waals surface area contributed by atoms with Gasteiger partial charge in [0.2, 0.25) is 0 Å². The third-order valence-electron chi connectivity index (χ3n) is 1.44. The highest BCUT2D eigenvalue weighted by Crippen LogP contribution is 2.33. The van der Waals surface area contributed by atoms with Crippen molar-refractivity contribution >= 4 is 44.8 Å². The van der Waals surface area contributed by atoms with E-state index >= 15 is 0 Å². The summed E-state index contributed by atoms with van der Waals surface area (Å²) < 4.78 is 24.5. The Morgan fingerprint density at radius 3 is 2.21 bits per heavy atom. The number of hydrogen-bond acceptors (Lipinski definition) is 1. The summed E-state index contributed by atoms with van der Waals surface area (Å²) in [5.41, 5.74) is 0.330. The van der Waals surface area contributed by atoms with Gasteiger partial charge in [-0.25, -0.2) is 8.78 Å². The number of rotatable bonds is 3. The molecule has 0 saturated carbocycles. The monoisotopic (exact) mass is 303 g/mol. The van der Waals surface area contributed by atoms with Crippen LogP contribution in [0.1, 0.15) is 0 Å². The van der Waals surface area contributed by atoms with Gasteiger partial charge in [0.1, 0.15) is 0 Å². The summed E-state index contributed by atoms with van der Waals surface area (Å²) in [6.07, 6.45) is -2.44. The molecule has 0 bridgehead atoms. The van der Waals surface area contributed by atoms with Gasteiger partial charge in [-0.1, -0.05) is 39.1 Å². The molecule has 0 saturated heterocycles. The first-order valence-electron chi connectivity index (χ1n) is 3.67. The van der Waals surface area contributed by atoms with Crippen molar-refractivity contribution in [1.82, 2.24) is 0 Å². The topological polar surface area (TPSA) is 12.0 Å². The molecule has 0 aliphatic carbocycles. The van der Waals surface area contributed by atoms with E-state index in [4.69, 9.17) is 23.2 Å². The van der Waals surface area contributed by atoms with E-state index in [2.05, 4.69) is 21.2 Å². The Bertz CT molecular complexity index is 310. The van der Waals surface area contributed by atoms with Crippen LogP contribution in [0.15, 0.2) is 16.6 Å². The molecular weight excluding hydrogens is 299 g/mol. The molecule has 1 rings (SSSR count). The Labute approximate surface area is 98.5 Å². The molecule has 6 heteroatoms. The lowest BCUT2D eigenvalue weighted by molar-refractivity contribution is 0.163. The summed E-state index contributed by atoms with van der Waals surface area (Å²) in [5.74, 6) is 0. The third-order valence-corrected chi connectivity index (χ3v) is 2.49. The van der Waals surface area contributed by atoms with Gasteiger partial charge in [-0.2, -0.15) is 0 Å². The zero-order valence-corrected chi connectivity index (χ0v) is 9.93. The fourth-order valence-electron chi connectivity index (χ4n) is 0.890. The first-order chi connectivity index (χ1) is 6.50. The van der Waals surface area contributed by atoms with E-state index in [0.717, 1.165) is 0 Å². The van der Waals surface area contributed by atoms with Gasteiger partial charge >= 0.3 is 0 Å². The van der Waals surface area contributed by atoms with E-state index < -0.39 is 13.0 Å². The van der Waals surface area contributed by atoms with Gasteiger partial charge in [-0.05, 0) is 12.1 Å². The minimum absolute atomic E-state index is 0.310. The fourth-order valence-corrected chi connectivity index (χ4v) is 2.23. The summed E-state index contributed by atoms with van der Waals surface area (Å²) >= 11 is 14.8. The molecule has 14 heavy (non-hydrogen) atoms. The lowest BCUT2D eigenvalue weighted by Crippen LogP contribution is -2.10. The third kappa shape index (κ3) is 3.26. The number of anilines is 1. The Morgan fingerprint density at radius 2 is 1.79 bits per heavy atom. The summed E-state index contributed by atoms with van der Waals surface area (Å²) in [6, 6.07) is 3.17. The van der Waals surface area contributed by atoms with Crippen LogP contribution >= 0.6 is 39.1 Å². The van der Waals surface area contributed by atoms with E-state index in [-0.39, 0.29) is 0 Å². The Morgan fingerprint density at radius 1 is 1.29 bits per heavy atom. The van der Waals surface area contributed by atoms with Crippen molar-refractivity contribution in [1.29, 1.82) is 0 Å². The average Bonchev–Trinajstić information content (AvgIpc) is 2.01. The van der Waals surface area contributed by atoms with E-state index in [1.807, 2.05) is 0 Å². The summed E-state index contributed by atoms with van der Waals surface area (Å²) in [7, 11) is 0. The van der Waals surface area contributed by atoms with Crippen molar-refractivity contribution in [3.05, 3.63) is 26.7 Å². The Kier molecular flexibility index (Phi) is 4.41. The second-order valence-corrected chi connectivity index (χ2v) is 4.25. The molecule has 1 aromatic rings. The zero-order chi connectivity index (χ0) is 10.7. The normalized spacial score (nSPS) is 10.7. The van der Waals surface area contributed by atoms with Crippen LogP contribution in [0.25, 0.3) is 0 Å². The van der Waals surface area contributed by atoms with Gasteiger partial charge in [0.25, 0.3) is 6.43 Å². The first kappa shape index (κ1) is 12.0. The van der Waals surface area contributed by atoms with E-state index in [1.54, 1.807) is 12.1 Å². The van der Waals surface area contributed by atoms with Crippen LogP contribution in [-0.2, 0) is 0 Å². The van der Waals surface area contributed by atoms with E-state index in [9.17, 15) is 8.78 Å². The van der Waals surface area contributed by atoms with Crippen LogP contribution in [0, 0.1) is 0 Å². The molecule has 1 nitrogen and oxygen atoms in total. The second kappa shape index (κ2) is 5.14. The van der Waals surface area contributed by atoms with Crippen molar-refractivity contribution in [2.24, 2.45) is 0 Å². The highest BCUT2D eigenvalue weighted by atomic mass is 79.9. The molecule has 0 amide bonds. The van der Waals surface area contributed by atoms with Crippen molar-refractivity contribution in [3.8, 4) is 0 Å². The van der Waals surface area contributed by atoms with E-state index in [0.29, 0.717) is 20.2 Å². The SMILES string of the molecule is FC(F)CNc1c(Cl)cc(Br)cc1Cl. The minimum atomic E-state index is -2.44. The smallest absolute Gasteiger partial charge is 0.255 e. The molecule has 0 atom stereocenters. The van der Waals surface area contributed by atoms with Crippen LogP contribution in [0.5, 0.6) is 0 Å². The van der Waals surface area contributed by atoms with E-state index in [1.165, 1.54) is 0 Å². The van der Waals surface area contributed by atoms with Crippen LogP contribution < -0.4 is 5.32 Å². The molecule has 0 spiro atoms.